The zero-order valence-electron chi connectivity index (χ0n) is 9.93. The van der Waals surface area contributed by atoms with Gasteiger partial charge >= 0.3 is 5.97 Å². The molecule has 0 unspecified atom stereocenters. The first kappa shape index (κ1) is 15.7. The monoisotopic (exact) mass is 254 g/mol. The summed E-state index contributed by atoms with van der Waals surface area (Å²) in [7, 11) is 0. The first-order valence-electron chi connectivity index (χ1n) is 5.53. The van der Waals surface area contributed by atoms with Gasteiger partial charge in [0.25, 0.3) is 0 Å². The summed E-state index contributed by atoms with van der Waals surface area (Å²) in [6, 6.07) is 9.62. The van der Waals surface area contributed by atoms with E-state index in [1.54, 1.807) is 0 Å². The van der Waals surface area contributed by atoms with Crippen molar-refractivity contribution in [2.75, 3.05) is 0 Å². The predicted octanol–water partition coefficient (Wildman–Crippen LogP) is 2.95. The Morgan fingerprint density at radius 3 is 2.12 bits per heavy atom. The van der Waals surface area contributed by atoms with Gasteiger partial charge in [-0.2, -0.15) is 0 Å². The van der Waals surface area contributed by atoms with E-state index in [1.807, 2.05) is 37.3 Å². The lowest BCUT2D eigenvalue weighted by Crippen LogP contribution is -1.96. The van der Waals surface area contributed by atoms with Gasteiger partial charge in [0.2, 0.25) is 0 Å². The van der Waals surface area contributed by atoms with Crippen LogP contribution in [0.15, 0.2) is 30.3 Å². The lowest BCUT2D eigenvalue weighted by molar-refractivity contribution is -0.137. The minimum absolute atomic E-state index is 0.0162. The van der Waals surface area contributed by atoms with Crippen LogP contribution in [0, 0.1) is 0 Å². The zero-order valence-corrected chi connectivity index (χ0v) is 10.8. The first-order chi connectivity index (χ1) is 8.06. The second-order valence-corrected chi connectivity index (χ2v) is 4.02. The van der Waals surface area contributed by atoms with Crippen molar-refractivity contribution < 1.29 is 14.7 Å². The van der Waals surface area contributed by atoms with E-state index in [1.165, 1.54) is 0 Å². The number of hydrogen-bond acceptors (Lipinski definition) is 2. The maximum absolute atomic E-state index is 10.2. The summed E-state index contributed by atoms with van der Waals surface area (Å²) in [6.45, 7) is 1.95. The molecule has 0 atom stereocenters. The molecule has 0 aliphatic carbocycles. The number of rotatable bonds is 5. The highest BCUT2D eigenvalue weighted by Gasteiger charge is 1.96. The third-order valence-electron chi connectivity index (χ3n) is 1.93. The van der Waals surface area contributed by atoms with Crippen LogP contribution >= 0.6 is 12.6 Å². The normalized spacial score (nSPS) is 9.06. The smallest absolute Gasteiger partial charge is 0.303 e. The second-order valence-electron chi connectivity index (χ2n) is 3.52. The largest absolute Gasteiger partial charge is 0.481 e. The Balaban J connectivity index is 0.000000366. The summed E-state index contributed by atoms with van der Waals surface area (Å²) in [5.74, 6) is -0.742. The molecule has 0 saturated carbocycles. The summed E-state index contributed by atoms with van der Waals surface area (Å²) in [4.78, 5) is 20.1. The van der Waals surface area contributed by atoms with Crippen LogP contribution in [-0.4, -0.2) is 16.2 Å². The molecule has 1 N–H and O–H groups in total. The molecule has 0 fully saturated rings. The van der Waals surface area contributed by atoms with Gasteiger partial charge in [0.1, 0.15) is 0 Å². The van der Waals surface area contributed by atoms with E-state index >= 15 is 0 Å². The lowest BCUT2D eigenvalue weighted by Gasteiger charge is -1.95. The van der Waals surface area contributed by atoms with E-state index in [4.69, 9.17) is 5.11 Å². The molecule has 0 spiro atoms. The molecule has 0 aliphatic rings. The van der Waals surface area contributed by atoms with E-state index in [0.29, 0.717) is 12.8 Å². The summed E-state index contributed by atoms with van der Waals surface area (Å²) in [5, 5.41) is 8.36. The van der Waals surface area contributed by atoms with Gasteiger partial charge in [-0.25, -0.2) is 0 Å². The average Bonchev–Trinajstić information content (AvgIpc) is 2.28. The molecule has 0 radical (unpaired) electrons. The van der Waals surface area contributed by atoms with E-state index in [2.05, 4.69) is 12.6 Å². The van der Waals surface area contributed by atoms with Crippen molar-refractivity contribution in [1.29, 1.82) is 0 Å². The van der Waals surface area contributed by atoms with Gasteiger partial charge in [-0.1, -0.05) is 37.3 Å². The molecular formula is C13H18O3S. The van der Waals surface area contributed by atoms with Crippen LogP contribution in [0.4, 0.5) is 0 Å². The number of benzene rings is 1. The minimum atomic E-state index is -0.742. The SMILES string of the molecule is CCCC(=O)S.O=C(O)CCc1ccccc1. The van der Waals surface area contributed by atoms with Gasteiger partial charge in [-0.15, -0.1) is 12.6 Å². The maximum Gasteiger partial charge on any atom is 0.303 e. The average molecular weight is 254 g/mol. The first-order valence-corrected chi connectivity index (χ1v) is 5.98. The van der Waals surface area contributed by atoms with Crippen molar-refractivity contribution in [1.82, 2.24) is 0 Å². The standard InChI is InChI=1S/C9H10O2.C4H8OS/c10-9(11)7-6-8-4-2-1-3-5-8;1-2-3-4(5)6/h1-5H,6-7H2,(H,10,11);2-3H2,1H3,(H,5,6). The van der Waals surface area contributed by atoms with Crippen molar-refractivity contribution in [2.24, 2.45) is 0 Å². The van der Waals surface area contributed by atoms with Crippen molar-refractivity contribution >= 4 is 23.7 Å². The highest BCUT2D eigenvalue weighted by atomic mass is 32.1. The molecule has 0 saturated heterocycles. The van der Waals surface area contributed by atoms with Crippen LogP contribution in [0.5, 0.6) is 0 Å². The highest BCUT2D eigenvalue weighted by Crippen LogP contribution is 2.01. The lowest BCUT2D eigenvalue weighted by atomic mass is 10.1. The molecule has 1 aromatic carbocycles. The topological polar surface area (TPSA) is 54.4 Å². The van der Waals surface area contributed by atoms with Crippen LogP contribution in [0.2, 0.25) is 0 Å². The molecule has 1 rings (SSSR count). The molecule has 0 aromatic heterocycles. The van der Waals surface area contributed by atoms with Gasteiger partial charge in [-0.3, -0.25) is 9.59 Å². The highest BCUT2D eigenvalue weighted by molar-refractivity contribution is 7.96. The molecule has 0 aliphatic heterocycles. The van der Waals surface area contributed by atoms with Gasteiger partial charge in [0.15, 0.2) is 5.12 Å². The molecule has 3 nitrogen and oxygen atoms in total. The molecule has 17 heavy (non-hydrogen) atoms. The number of aliphatic carboxylic acids is 1. The summed E-state index contributed by atoms with van der Waals surface area (Å²) < 4.78 is 0. The number of carboxylic acid groups (broad SMARTS) is 1. The van der Waals surface area contributed by atoms with Crippen molar-refractivity contribution in [3.63, 3.8) is 0 Å². The third kappa shape index (κ3) is 11.0. The summed E-state index contributed by atoms with van der Waals surface area (Å²) in [5.41, 5.74) is 1.08. The Morgan fingerprint density at radius 1 is 1.18 bits per heavy atom. The molecule has 0 bridgehead atoms. The zero-order chi connectivity index (χ0) is 13.1. The fraction of sp³-hybridized carbons (Fsp3) is 0.385. The second kappa shape index (κ2) is 9.90. The maximum atomic E-state index is 10.2. The fourth-order valence-corrected chi connectivity index (χ4v) is 1.33. The van der Waals surface area contributed by atoms with E-state index in [9.17, 15) is 9.59 Å². The summed E-state index contributed by atoms with van der Waals surface area (Å²) >= 11 is 3.54. The van der Waals surface area contributed by atoms with Crippen LogP contribution in [0.3, 0.4) is 0 Å². The van der Waals surface area contributed by atoms with Crippen LogP contribution in [-0.2, 0) is 16.0 Å². The minimum Gasteiger partial charge on any atom is -0.481 e. The van der Waals surface area contributed by atoms with Crippen molar-refractivity contribution in [2.45, 2.75) is 32.6 Å². The Labute approximate surface area is 107 Å². The molecule has 1 aromatic rings. The Morgan fingerprint density at radius 2 is 1.76 bits per heavy atom. The van der Waals surface area contributed by atoms with Crippen molar-refractivity contribution in [3.05, 3.63) is 35.9 Å². The van der Waals surface area contributed by atoms with Crippen LogP contribution in [0.25, 0.3) is 0 Å². The number of carboxylic acids is 1. The molecule has 4 heteroatoms. The third-order valence-corrected chi connectivity index (χ3v) is 2.16. The fourth-order valence-electron chi connectivity index (χ4n) is 1.11. The number of hydrogen-bond donors (Lipinski definition) is 2. The van der Waals surface area contributed by atoms with Gasteiger partial charge in [0, 0.05) is 12.8 Å². The molecule has 0 amide bonds. The number of carbonyl (C=O) groups is 2. The van der Waals surface area contributed by atoms with Gasteiger partial charge in [-0.05, 0) is 18.4 Å². The predicted molar refractivity (Wildman–Crippen MR) is 71.3 cm³/mol. The quantitative estimate of drug-likeness (QED) is 0.794. The Kier molecular flexibility index (Phi) is 9.15. The van der Waals surface area contributed by atoms with Crippen LogP contribution < -0.4 is 0 Å². The number of carbonyl (C=O) groups excluding carboxylic acids is 1. The van der Waals surface area contributed by atoms with E-state index in [0.717, 1.165) is 12.0 Å². The van der Waals surface area contributed by atoms with E-state index < -0.39 is 5.97 Å². The number of thiol groups is 1. The molecule has 0 heterocycles. The summed E-state index contributed by atoms with van der Waals surface area (Å²) in [6.07, 6.45) is 2.34. The van der Waals surface area contributed by atoms with Crippen LogP contribution in [0.1, 0.15) is 31.7 Å². The molecular weight excluding hydrogens is 236 g/mol. The van der Waals surface area contributed by atoms with Gasteiger partial charge < -0.3 is 5.11 Å². The Hall–Kier alpha value is -1.29. The van der Waals surface area contributed by atoms with E-state index in [-0.39, 0.29) is 11.5 Å². The van der Waals surface area contributed by atoms with Gasteiger partial charge in [0.05, 0.1) is 0 Å². The molecule has 94 valence electrons. The Bertz CT molecular complexity index is 336. The van der Waals surface area contributed by atoms with Crippen molar-refractivity contribution in [3.8, 4) is 0 Å². The number of aryl methyl sites for hydroxylation is 1.